The molecular weight excluding hydrogens is 296 g/mol. The smallest absolute Gasteiger partial charge is 0.303 e. The SMILES string of the molecule is COCOC[C@@H](OC(C)=O)[C@@H](/C=C/COC(C)=O)OCOC. The Labute approximate surface area is 130 Å². The molecule has 0 bridgehead atoms. The molecule has 0 saturated heterocycles. The van der Waals surface area contributed by atoms with Crippen molar-refractivity contribution in [3.63, 3.8) is 0 Å². The van der Waals surface area contributed by atoms with Crippen LogP contribution in [0.3, 0.4) is 0 Å². The summed E-state index contributed by atoms with van der Waals surface area (Å²) in [5.41, 5.74) is 0. The lowest BCUT2D eigenvalue weighted by Gasteiger charge is -2.24. The summed E-state index contributed by atoms with van der Waals surface area (Å²) in [6, 6.07) is 0. The van der Waals surface area contributed by atoms with Gasteiger partial charge in [-0.25, -0.2) is 0 Å². The molecule has 2 atom stereocenters. The minimum Gasteiger partial charge on any atom is -0.462 e. The molecular formula is C14H24O8. The predicted molar refractivity (Wildman–Crippen MR) is 75.9 cm³/mol. The molecule has 0 radical (unpaired) electrons. The predicted octanol–water partition coefficient (Wildman–Crippen LogP) is 0.647. The average Bonchev–Trinajstić information content (AvgIpc) is 2.45. The highest BCUT2D eigenvalue weighted by atomic mass is 16.7. The van der Waals surface area contributed by atoms with E-state index in [1.165, 1.54) is 28.1 Å². The monoisotopic (exact) mass is 320 g/mol. The summed E-state index contributed by atoms with van der Waals surface area (Å²) in [6.07, 6.45) is 1.91. The van der Waals surface area contributed by atoms with E-state index in [-0.39, 0.29) is 32.8 Å². The van der Waals surface area contributed by atoms with Gasteiger partial charge in [-0.05, 0) is 6.08 Å². The van der Waals surface area contributed by atoms with E-state index in [0.717, 1.165) is 0 Å². The molecule has 0 aliphatic heterocycles. The van der Waals surface area contributed by atoms with Crippen LogP contribution in [0.15, 0.2) is 12.2 Å². The van der Waals surface area contributed by atoms with Crippen molar-refractivity contribution in [1.29, 1.82) is 0 Å². The molecule has 8 nitrogen and oxygen atoms in total. The molecule has 0 heterocycles. The standard InChI is InChI=1S/C14H24O8/c1-11(15)20-7-5-6-13(21-10-18-4)14(22-12(2)16)8-19-9-17-3/h5-6,13-14H,7-10H2,1-4H3/b6-5+/t13-,14-/m1/s1. The van der Waals surface area contributed by atoms with Crippen molar-refractivity contribution in [1.82, 2.24) is 0 Å². The van der Waals surface area contributed by atoms with Gasteiger partial charge in [0.15, 0.2) is 6.10 Å². The van der Waals surface area contributed by atoms with Gasteiger partial charge in [0.05, 0.1) is 6.61 Å². The van der Waals surface area contributed by atoms with Crippen LogP contribution in [-0.4, -0.2) is 65.2 Å². The maximum atomic E-state index is 11.2. The highest BCUT2D eigenvalue weighted by Crippen LogP contribution is 2.09. The average molecular weight is 320 g/mol. The summed E-state index contributed by atoms with van der Waals surface area (Å²) in [6.45, 7) is 2.84. The third-order valence-corrected chi connectivity index (χ3v) is 2.25. The van der Waals surface area contributed by atoms with Gasteiger partial charge in [0, 0.05) is 28.1 Å². The minimum atomic E-state index is -0.684. The maximum absolute atomic E-state index is 11.2. The van der Waals surface area contributed by atoms with Gasteiger partial charge < -0.3 is 28.4 Å². The van der Waals surface area contributed by atoms with Gasteiger partial charge in [-0.2, -0.15) is 0 Å². The van der Waals surface area contributed by atoms with Crippen molar-refractivity contribution in [2.45, 2.75) is 26.1 Å². The first-order valence-electron chi connectivity index (χ1n) is 6.65. The fraction of sp³-hybridized carbons (Fsp3) is 0.714. The molecule has 0 rings (SSSR count). The summed E-state index contributed by atoms with van der Waals surface area (Å²) >= 11 is 0. The lowest BCUT2D eigenvalue weighted by Crippen LogP contribution is -2.36. The molecule has 22 heavy (non-hydrogen) atoms. The Morgan fingerprint density at radius 3 is 2.27 bits per heavy atom. The Hall–Kier alpha value is -1.48. The highest BCUT2D eigenvalue weighted by molar-refractivity contribution is 5.66. The van der Waals surface area contributed by atoms with Crippen LogP contribution in [0.1, 0.15) is 13.8 Å². The van der Waals surface area contributed by atoms with Crippen LogP contribution in [0.4, 0.5) is 0 Å². The molecule has 0 saturated carbocycles. The molecule has 0 spiro atoms. The Balaban J connectivity index is 4.69. The van der Waals surface area contributed by atoms with Gasteiger partial charge >= 0.3 is 11.9 Å². The molecule has 0 aromatic heterocycles. The molecule has 0 aromatic rings. The van der Waals surface area contributed by atoms with E-state index in [9.17, 15) is 9.59 Å². The van der Waals surface area contributed by atoms with E-state index in [1.54, 1.807) is 12.2 Å². The van der Waals surface area contributed by atoms with Crippen molar-refractivity contribution in [3.05, 3.63) is 12.2 Å². The Morgan fingerprint density at radius 2 is 1.73 bits per heavy atom. The van der Waals surface area contributed by atoms with Crippen LogP contribution in [-0.2, 0) is 38.0 Å². The largest absolute Gasteiger partial charge is 0.462 e. The zero-order chi connectivity index (χ0) is 16.8. The van der Waals surface area contributed by atoms with Crippen molar-refractivity contribution < 1.29 is 38.0 Å². The Kier molecular flexibility index (Phi) is 12.3. The van der Waals surface area contributed by atoms with Crippen molar-refractivity contribution in [2.75, 3.05) is 41.0 Å². The first kappa shape index (κ1) is 20.5. The van der Waals surface area contributed by atoms with E-state index in [4.69, 9.17) is 28.4 Å². The topological polar surface area (TPSA) is 89.5 Å². The van der Waals surface area contributed by atoms with Crippen LogP contribution in [0.2, 0.25) is 0 Å². The van der Waals surface area contributed by atoms with Crippen molar-refractivity contribution in [3.8, 4) is 0 Å². The second-order valence-electron chi connectivity index (χ2n) is 4.19. The van der Waals surface area contributed by atoms with E-state index in [1.807, 2.05) is 0 Å². The summed E-state index contributed by atoms with van der Waals surface area (Å²) in [7, 11) is 2.96. The lowest BCUT2D eigenvalue weighted by molar-refractivity contribution is -0.169. The van der Waals surface area contributed by atoms with Gasteiger partial charge in [-0.1, -0.05) is 6.08 Å². The summed E-state index contributed by atoms with van der Waals surface area (Å²) < 4.78 is 30.2. The van der Waals surface area contributed by atoms with E-state index < -0.39 is 18.2 Å². The van der Waals surface area contributed by atoms with Crippen molar-refractivity contribution >= 4 is 11.9 Å². The lowest BCUT2D eigenvalue weighted by atomic mass is 10.2. The zero-order valence-electron chi connectivity index (χ0n) is 13.4. The second kappa shape index (κ2) is 13.2. The number of carbonyl (C=O) groups excluding carboxylic acids is 2. The molecule has 8 heteroatoms. The zero-order valence-corrected chi connectivity index (χ0v) is 13.4. The fourth-order valence-corrected chi connectivity index (χ4v) is 1.45. The van der Waals surface area contributed by atoms with E-state index in [2.05, 4.69) is 0 Å². The molecule has 0 unspecified atom stereocenters. The summed E-state index contributed by atoms with van der Waals surface area (Å²) in [4.78, 5) is 21.9. The minimum absolute atomic E-state index is 0.00458. The third-order valence-electron chi connectivity index (χ3n) is 2.25. The normalized spacial score (nSPS) is 13.8. The van der Waals surface area contributed by atoms with Crippen LogP contribution < -0.4 is 0 Å². The van der Waals surface area contributed by atoms with Gasteiger partial charge in [0.25, 0.3) is 0 Å². The number of methoxy groups -OCH3 is 2. The number of hydrogen-bond acceptors (Lipinski definition) is 8. The van der Waals surface area contributed by atoms with Crippen LogP contribution in [0.25, 0.3) is 0 Å². The van der Waals surface area contributed by atoms with Gasteiger partial charge in [-0.3, -0.25) is 9.59 Å². The van der Waals surface area contributed by atoms with Crippen LogP contribution in [0.5, 0.6) is 0 Å². The van der Waals surface area contributed by atoms with Crippen molar-refractivity contribution in [2.24, 2.45) is 0 Å². The molecule has 0 fully saturated rings. The molecule has 128 valence electrons. The second-order valence-corrected chi connectivity index (χ2v) is 4.19. The number of rotatable bonds is 12. The molecule has 0 aliphatic carbocycles. The molecule has 0 aromatic carbocycles. The third kappa shape index (κ3) is 11.2. The van der Waals surface area contributed by atoms with Gasteiger partial charge in [-0.15, -0.1) is 0 Å². The Bertz CT molecular complexity index is 342. The first-order chi connectivity index (χ1) is 10.5. The molecule has 0 N–H and O–H groups in total. The number of ether oxygens (including phenoxy) is 6. The number of hydrogen-bond donors (Lipinski definition) is 0. The van der Waals surface area contributed by atoms with Crippen LogP contribution >= 0.6 is 0 Å². The van der Waals surface area contributed by atoms with Gasteiger partial charge in [0.1, 0.15) is 26.3 Å². The van der Waals surface area contributed by atoms with E-state index in [0.29, 0.717) is 0 Å². The summed E-state index contributed by atoms with van der Waals surface area (Å²) in [5, 5.41) is 0. The summed E-state index contributed by atoms with van der Waals surface area (Å²) in [5.74, 6) is -0.857. The quantitative estimate of drug-likeness (QED) is 0.224. The fourth-order valence-electron chi connectivity index (χ4n) is 1.45. The Morgan fingerprint density at radius 1 is 1.05 bits per heavy atom. The van der Waals surface area contributed by atoms with Gasteiger partial charge in [0.2, 0.25) is 0 Å². The molecule has 0 amide bonds. The van der Waals surface area contributed by atoms with Crippen LogP contribution in [0, 0.1) is 0 Å². The maximum Gasteiger partial charge on any atom is 0.303 e. The number of carbonyl (C=O) groups is 2. The number of esters is 2. The first-order valence-corrected chi connectivity index (χ1v) is 6.65. The molecule has 0 aliphatic rings. The highest BCUT2D eigenvalue weighted by Gasteiger charge is 2.23. The van der Waals surface area contributed by atoms with E-state index >= 15 is 0 Å².